The zero-order valence-electron chi connectivity index (χ0n) is 17.0. The monoisotopic (exact) mass is 358 g/mol. The van der Waals surface area contributed by atoms with Gasteiger partial charge in [0.15, 0.2) is 0 Å². The molecule has 0 heterocycles. The van der Waals surface area contributed by atoms with Gasteiger partial charge in [-0.25, -0.2) is 0 Å². The lowest BCUT2D eigenvalue weighted by Crippen LogP contribution is -2.42. The first-order chi connectivity index (χ1) is 12.3. The summed E-state index contributed by atoms with van der Waals surface area (Å²) in [6.45, 7) is 10.4. The Labute approximate surface area is 158 Å². The Morgan fingerprint density at radius 2 is 1.96 bits per heavy atom. The molecule has 0 aromatic heterocycles. The van der Waals surface area contributed by atoms with Crippen LogP contribution in [0, 0.1) is 18.3 Å². The number of unbranched alkanes of at least 4 members (excludes halogenated alkanes) is 1. The summed E-state index contributed by atoms with van der Waals surface area (Å²) in [5, 5.41) is 0. The molecule has 3 atom stereocenters. The summed E-state index contributed by atoms with van der Waals surface area (Å²) >= 11 is 0. The Morgan fingerprint density at radius 1 is 1.27 bits per heavy atom. The van der Waals surface area contributed by atoms with Crippen molar-refractivity contribution in [3.05, 3.63) is 35.4 Å². The molecule has 0 spiro atoms. The van der Waals surface area contributed by atoms with Crippen LogP contribution in [0.3, 0.4) is 0 Å². The zero-order chi connectivity index (χ0) is 19.3. The van der Waals surface area contributed by atoms with Crippen molar-refractivity contribution in [2.75, 3.05) is 0 Å². The summed E-state index contributed by atoms with van der Waals surface area (Å²) in [6, 6.07) is 7.97. The van der Waals surface area contributed by atoms with Gasteiger partial charge in [0.1, 0.15) is 11.9 Å². The van der Waals surface area contributed by atoms with Crippen LogP contribution >= 0.6 is 0 Å². The summed E-state index contributed by atoms with van der Waals surface area (Å²) in [5.41, 5.74) is 1.96. The van der Waals surface area contributed by atoms with Gasteiger partial charge in [0.25, 0.3) is 0 Å². The van der Waals surface area contributed by atoms with Gasteiger partial charge in [-0.3, -0.25) is 9.59 Å². The Kier molecular flexibility index (Phi) is 7.02. The fourth-order valence-corrected chi connectivity index (χ4v) is 4.13. The summed E-state index contributed by atoms with van der Waals surface area (Å²) in [4.78, 5) is 25.8. The average molecular weight is 359 g/mol. The number of carbonyl (C=O) groups is 2. The third-order valence-corrected chi connectivity index (χ3v) is 5.65. The molecule has 1 saturated carbocycles. The van der Waals surface area contributed by atoms with Gasteiger partial charge in [-0.15, -0.1) is 0 Å². The molecule has 0 bridgehead atoms. The van der Waals surface area contributed by atoms with E-state index in [1.807, 2.05) is 38.1 Å². The van der Waals surface area contributed by atoms with Crippen LogP contribution in [0.25, 0.3) is 0 Å². The van der Waals surface area contributed by atoms with Crippen molar-refractivity contribution in [2.45, 2.75) is 85.2 Å². The van der Waals surface area contributed by atoms with Crippen molar-refractivity contribution in [1.29, 1.82) is 0 Å². The van der Waals surface area contributed by atoms with E-state index in [9.17, 15) is 9.59 Å². The molecule has 26 heavy (non-hydrogen) atoms. The van der Waals surface area contributed by atoms with E-state index >= 15 is 0 Å². The van der Waals surface area contributed by atoms with Crippen LogP contribution in [-0.2, 0) is 14.3 Å². The lowest BCUT2D eigenvalue weighted by Gasteiger charge is -2.40. The van der Waals surface area contributed by atoms with Crippen molar-refractivity contribution >= 4 is 11.8 Å². The van der Waals surface area contributed by atoms with E-state index in [-0.39, 0.29) is 35.1 Å². The van der Waals surface area contributed by atoms with Gasteiger partial charge in [-0.05, 0) is 42.7 Å². The molecule has 0 radical (unpaired) electrons. The second-order valence-electron chi connectivity index (χ2n) is 8.57. The number of ketones is 1. The Morgan fingerprint density at radius 3 is 2.58 bits per heavy atom. The van der Waals surface area contributed by atoms with Gasteiger partial charge in [0.2, 0.25) is 0 Å². The number of esters is 1. The van der Waals surface area contributed by atoms with Gasteiger partial charge >= 0.3 is 5.97 Å². The third kappa shape index (κ3) is 4.96. The standard InChI is InChI=1S/C23H34O3/c1-6-8-12-17(7-2)22(25)26-20-15-23(4,5)14-19(24)21(20)18-13-10-9-11-16(18)3/h9-11,13,17,20-21H,6-8,12,14-15H2,1-5H3. The van der Waals surface area contributed by atoms with E-state index in [0.717, 1.165) is 43.2 Å². The van der Waals surface area contributed by atoms with Crippen LogP contribution in [0.4, 0.5) is 0 Å². The van der Waals surface area contributed by atoms with Crippen LogP contribution in [0.15, 0.2) is 24.3 Å². The number of hydrogen-bond donors (Lipinski definition) is 0. The molecular formula is C23H34O3. The highest BCUT2D eigenvalue weighted by atomic mass is 16.5. The summed E-state index contributed by atoms with van der Waals surface area (Å²) in [7, 11) is 0. The minimum Gasteiger partial charge on any atom is -0.461 e. The second-order valence-corrected chi connectivity index (χ2v) is 8.57. The average Bonchev–Trinajstić information content (AvgIpc) is 2.55. The van der Waals surface area contributed by atoms with Crippen molar-refractivity contribution in [1.82, 2.24) is 0 Å². The number of ether oxygens (including phenoxy) is 1. The highest BCUT2D eigenvalue weighted by Crippen LogP contribution is 2.43. The van der Waals surface area contributed by atoms with Crippen molar-refractivity contribution < 1.29 is 14.3 Å². The van der Waals surface area contributed by atoms with Crippen LogP contribution in [0.1, 0.15) is 83.3 Å². The Balaban J connectivity index is 2.26. The highest BCUT2D eigenvalue weighted by molar-refractivity contribution is 5.88. The molecule has 1 fully saturated rings. The lowest BCUT2D eigenvalue weighted by atomic mass is 9.68. The molecule has 3 heteroatoms. The number of Topliss-reactive ketones (excluding diaryl/α,β-unsaturated/α-hetero) is 1. The SMILES string of the molecule is CCCCC(CC)C(=O)OC1CC(C)(C)CC(=O)C1c1ccccc1C. The van der Waals surface area contributed by atoms with E-state index in [1.54, 1.807) is 0 Å². The normalized spacial score (nSPS) is 23.5. The molecule has 3 nitrogen and oxygen atoms in total. The van der Waals surface area contributed by atoms with Crippen LogP contribution in [0.2, 0.25) is 0 Å². The molecule has 1 aromatic carbocycles. The van der Waals surface area contributed by atoms with Gasteiger partial charge < -0.3 is 4.74 Å². The molecule has 0 aliphatic heterocycles. The maximum atomic E-state index is 13.0. The first-order valence-corrected chi connectivity index (χ1v) is 10.1. The van der Waals surface area contributed by atoms with Crippen LogP contribution in [0.5, 0.6) is 0 Å². The van der Waals surface area contributed by atoms with E-state index < -0.39 is 0 Å². The fraction of sp³-hybridized carbons (Fsp3) is 0.652. The number of rotatable bonds is 7. The molecule has 0 saturated heterocycles. The summed E-state index contributed by atoms with van der Waals surface area (Å²) in [6.07, 6.45) is 4.66. The first kappa shape index (κ1) is 20.7. The largest absolute Gasteiger partial charge is 0.461 e. The molecule has 1 aliphatic carbocycles. The molecule has 3 unspecified atom stereocenters. The van der Waals surface area contributed by atoms with Gasteiger partial charge in [-0.1, -0.05) is 64.8 Å². The summed E-state index contributed by atoms with van der Waals surface area (Å²) < 4.78 is 6.01. The minimum atomic E-state index is -0.365. The third-order valence-electron chi connectivity index (χ3n) is 5.65. The smallest absolute Gasteiger partial charge is 0.309 e. The molecule has 1 aromatic rings. The molecule has 2 rings (SSSR count). The fourth-order valence-electron chi connectivity index (χ4n) is 4.13. The van der Waals surface area contributed by atoms with Crippen LogP contribution in [-0.4, -0.2) is 17.9 Å². The summed E-state index contributed by atoms with van der Waals surface area (Å²) in [5.74, 6) is -0.338. The van der Waals surface area contributed by atoms with E-state index in [2.05, 4.69) is 20.8 Å². The lowest BCUT2D eigenvalue weighted by molar-refractivity contribution is -0.161. The Hall–Kier alpha value is -1.64. The van der Waals surface area contributed by atoms with Gasteiger partial charge in [0, 0.05) is 6.42 Å². The second kappa shape index (κ2) is 8.83. The number of benzene rings is 1. The molecule has 0 amide bonds. The van der Waals surface area contributed by atoms with Crippen molar-refractivity contribution in [3.63, 3.8) is 0 Å². The molecule has 1 aliphatic rings. The predicted molar refractivity (Wildman–Crippen MR) is 105 cm³/mol. The first-order valence-electron chi connectivity index (χ1n) is 10.1. The maximum absolute atomic E-state index is 13.0. The molecule has 0 N–H and O–H groups in total. The topological polar surface area (TPSA) is 43.4 Å². The zero-order valence-corrected chi connectivity index (χ0v) is 17.0. The molecular weight excluding hydrogens is 324 g/mol. The van der Waals surface area contributed by atoms with E-state index in [4.69, 9.17) is 4.74 Å². The van der Waals surface area contributed by atoms with E-state index in [1.165, 1.54) is 0 Å². The number of carbonyl (C=O) groups excluding carboxylic acids is 2. The quantitative estimate of drug-likeness (QED) is 0.596. The maximum Gasteiger partial charge on any atom is 0.309 e. The van der Waals surface area contributed by atoms with Gasteiger partial charge in [0.05, 0.1) is 11.8 Å². The number of hydrogen-bond acceptors (Lipinski definition) is 3. The van der Waals surface area contributed by atoms with E-state index in [0.29, 0.717) is 6.42 Å². The van der Waals surface area contributed by atoms with Crippen LogP contribution < -0.4 is 0 Å². The highest BCUT2D eigenvalue weighted by Gasteiger charge is 2.44. The predicted octanol–water partition coefficient (Wildman–Crippen LogP) is 5.60. The van der Waals surface area contributed by atoms with Gasteiger partial charge in [-0.2, -0.15) is 0 Å². The number of aryl methyl sites for hydroxylation is 1. The minimum absolute atomic E-state index is 0.0624. The van der Waals surface area contributed by atoms with Crippen molar-refractivity contribution in [3.8, 4) is 0 Å². The van der Waals surface area contributed by atoms with Crippen molar-refractivity contribution in [2.24, 2.45) is 11.3 Å². The Bertz CT molecular complexity index is 632. The molecule has 144 valence electrons.